The number of nitrogens with zero attached hydrogens (tertiary/aromatic N) is 1. The van der Waals surface area contributed by atoms with Gasteiger partial charge in [0.1, 0.15) is 11.6 Å². The maximum Gasteiger partial charge on any atom is 0.309 e. The quantitative estimate of drug-likeness (QED) is 0.372. The van der Waals surface area contributed by atoms with E-state index in [0.717, 1.165) is 45.6 Å². The summed E-state index contributed by atoms with van der Waals surface area (Å²) >= 11 is 0. The number of carbonyl (C=O) groups is 2. The molecule has 0 aromatic heterocycles. The molecule has 3 aromatic carbocycles. The Labute approximate surface area is 244 Å². The third-order valence-electron chi connectivity index (χ3n) is 8.74. The van der Waals surface area contributed by atoms with Gasteiger partial charge >= 0.3 is 5.97 Å². The van der Waals surface area contributed by atoms with E-state index in [1.807, 2.05) is 56.0 Å². The molecule has 42 heavy (non-hydrogen) atoms. The van der Waals surface area contributed by atoms with E-state index in [9.17, 15) is 19.1 Å². The predicted molar refractivity (Wildman–Crippen MR) is 155 cm³/mol. The van der Waals surface area contributed by atoms with E-state index in [-0.39, 0.29) is 25.1 Å². The van der Waals surface area contributed by atoms with Gasteiger partial charge in [0.2, 0.25) is 12.7 Å². The molecule has 1 fully saturated rings. The number of hydrogen-bond acceptors (Lipinski definition) is 6. The van der Waals surface area contributed by atoms with Crippen LogP contribution in [0.3, 0.4) is 0 Å². The molecule has 0 spiro atoms. The van der Waals surface area contributed by atoms with Crippen LogP contribution in [-0.4, -0.2) is 48.4 Å². The van der Waals surface area contributed by atoms with Crippen molar-refractivity contribution in [1.82, 2.24) is 4.90 Å². The van der Waals surface area contributed by atoms with E-state index < -0.39 is 23.8 Å². The van der Waals surface area contributed by atoms with Crippen LogP contribution in [0, 0.1) is 18.7 Å². The lowest BCUT2D eigenvalue weighted by molar-refractivity contribution is -0.143. The normalized spacial score (nSPS) is 20.8. The zero-order valence-corrected chi connectivity index (χ0v) is 24.0. The molecule has 3 aliphatic heterocycles. The van der Waals surface area contributed by atoms with Gasteiger partial charge in [-0.25, -0.2) is 4.39 Å². The molecule has 0 bridgehead atoms. The molecule has 220 valence electrons. The lowest BCUT2D eigenvalue weighted by Crippen LogP contribution is -2.35. The van der Waals surface area contributed by atoms with Gasteiger partial charge in [0.15, 0.2) is 11.5 Å². The fourth-order valence-corrected chi connectivity index (χ4v) is 6.76. The highest BCUT2D eigenvalue weighted by molar-refractivity contribution is 5.94. The molecule has 2 N–H and O–H groups in total. The molecule has 0 saturated carbocycles. The second-order valence-corrected chi connectivity index (χ2v) is 11.2. The zero-order valence-electron chi connectivity index (χ0n) is 24.0. The summed E-state index contributed by atoms with van der Waals surface area (Å²) in [4.78, 5) is 28.6. The third kappa shape index (κ3) is 5.06. The molecule has 9 heteroatoms. The second kappa shape index (κ2) is 11.3. The molecule has 0 unspecified atom stereocenters. The van der Waals surface area contributed by atoms with Gasteiger partial charge in [-0.1, -0.05) is 26.0 Å². The Morgan fingerprint density at radius 1 is 1.00 bits per heavy atom. The van der Waals surface area contributed by atoms with Crippen molar-refractivity contribution in [1.29, 1.82) is 0 Å². The predicted octanol–water partition coefficient (Wildman–Crippen LogP) is 5.40. The average molecular weight is 575 g/mol. The van der Waals surface area contributed by atoms with Crippen LogP contribution >= 0.6 is 0 Å². The molecule has 0 aliphatic carbocycles. The summed E-state index contributed by atoms with van der Waals surface area (Å²) in [5.74, 6) is -0.694. The second-order valence-electron chi connectivity index (χ2n) is 11.2. The smallest absolute Gasteiger partial charge is 0.309 e. The Kier molecular flexibility index (Phi) is 7.53. The summed E-state index contributed by atoms with van der Waals surface area (Å²) in [5, 5.41) is 13.7. The first-order chi connectivity index (χ1) is 20.3. The Morgan fingerprint density at radius 2 is 1.71 bits per heavy atom. The highest BCUT2D eigenvalue weighted by Gasteiger charge is 2.48. The standard InChI is InChI=1S/C33H35FN2O6/c1-4-19-12-23(34)13-20(5-2)31(19)35-29(37)16-36-15-25(24-14-28-27(10-18(24)3)41-17-42-28)30(33(38)39)32(36)22-6-7-26-21(11-22)8-9-40-26/h6-7,10-14,25,30,32H,4-5,8-9,15-17H2,1-3H3,(H,35,37)(H,38,39)/t25-,30-,32+/m1/s1. The van der Waals surface area contributed by atoms with Crippen molar-refractivity contribution in [3.8, 4) is 17.2 Å². The summed E-state index contributed by atoms with van der Waals surface area (Å²) in [5.41, 5.74) is 5.75. The van der Waals surface area contributed by atoms with Crippen molar-refractivity contribution in [3.63, 3.8) is 0 Å². The van der Waals surface area contributed by atoms with E-state index >= 15 is 0 Å². The molecule has 3 aliphatic rings. The lowest BCUT2D eigenvalue weighted by atomic mass is 9.81. The van der Waals surface area contributed by atoms with Gasteiger partial charge in [0.25, 0.3) is 0 Å². The van der Waals surface area contributed by atoms with Gasteiger partial charge in [-0.3, -0.25) is 14.5 Å². The third-order valence-corrected chi connectivity index (χ3v) is 8.74. The number of carboxylic acids is 1. The van der Waals surface area contributed by atoms with Gasteiger partial charge in [0, 0.05) is 30.6 Å². The van der Waals surface area contributed by atoms with Crippen molar-refractivity contribution >= 4 is 17.6 Å². The first-order valence-corrected chi connectivity index (χ1v) is 14.5. The summed E-state index contributed by atoms with van der Waals surface area (Å²) < 4.78 is 31.1. The highest BCUT2D eigenvalue weighted by atomic mass is 19.1. The fraction of sp³-hybridized carbons (Fsp3) is 0.394. The highest BCUT2D eigenvalue weighted by Crippen LogP contribution is 2.49. The number of fused-ring (bicyclic) bond motifs is 2. The molecule has 3 heterocycles. The number of anilines is 1. The monoisotopic (exact) mass is 574 g/mol. The number of nitrogens with one attached hydrogen (secondary N) is 1. The number of ether oxygens (including phenoxy) is 3. The number of amides is 1. The van der Waals surface area contributed by atoms with Crippen LogP contribution in [0.15, 0.2) is 42.5 Å². The van der Waals surface area contributed by atoms with E-state index in [4.69, 9.17) is 14.2 Å². The fourth-order valence-electron chi connectivity index (χ4n) is 6.76. The summed E-state index contributed by atoms with van der Waals surface area (Å²) in [6.07, 6.45) is 1.88. The van der Waals surface area contributed by atoms with E-state index in [2.05, 4.69) is 5.32 Å². The van der Waals surface area contributed by atoms with Crippen molar-refractivity contribution in [2.45, 2.75) is 52.0 Å². The zero-order chi connectivity index (χ0) is 29.5. The van der Waals surface area contributed by atoms with E-state index in [1.165, 1.54) is 12.1 Å². The van der Waals surface area contributed by atoms with Crippen LogP contribution in [0.2, 0.25) is 0 Å². The molecule has 0 radical (unpaired) electrons. The number of likely N-dealkylation sites (tertiary alicyclic amines) is 1. The molecule has 6 rings (SSSR count). The SMILES string of the molecule is CCc1cc(F)cc(CC)c1NC(=O)CN1C[C@H](c2cc3c(cc2C)OCO3)[C@@H](C(=O)O)[C@@H]1c1ccc2c(c1)CCO2. The number of carboxylic acid groups (broad SMARTS) is 1. The van der Waals surface area contributed by atoms with Crippen LogP contribution in [0.1, 0.15) is 59.2 Å². The summed E-state index contributed by atoms with van der Waals surface area (Å²) in [6.45, 7) is 6.84. The van der Waals surface area contributed by atoms with Crippen molar-refractivity contribution in [2.24, 2.45) is 5.92 Å². The van der Waals surface area contributed by atoms with E-state index in [1.54, 1.807) is 0 Å². The molecular weight excluding hydrogens is 539 g/mol. The minimum Gasteiger partial charge on any atom is -0.493 e. The molecule has 8 nitrogen and oxygen atoms in total. The lowest BCUT2D eigenvalue weighted by Gasteiger charge is -2.27. The first-order valence-electron chi connectivity index (χ1n) is 14.5. The number of halogens is 1. The molecule has 3 atom stereocenters. The maximum absolute atomic E-state index is 14.2. The minimum absolute atomic E-state index is 0.0220. The van der Waals surface area contributed by atoms with Crippen molar-refractivity contribution in [3.05, 3.63) is 81.7 Å². The van der Waals surface area contributed by atoms with Crippen LogP contribution in [0.5, 0.6) is 17.2 Å². The Balaban J connectivity index is 1.37. The number of aliphatic carboxylic acids is 1. The van der Waals surface area contributed by atoms with Crippen LogP contribution in [0.25, 0.3) is 0 Å². The van der Waals surface area contributed by atoms with Crippen LogP contribution < -0.4 is 19.5 Å². The Morgan fingerprint density at radius 3 is 2.40 bits per heavy atom. The number of aryl methyl sites for hydroxylation is 3. The van der Waals surface area contributed by atoms with Gasteiger partial charge < -0.3 is 24.6 Å². The number of benzene rings is 3. The molecular formula is C33H35FN2O6. The molecule has 1 saturated heterocycles. The molecule has 3 aromatic rings. The van der Waals surface area contributed by atoms with Gasteiger partial charge in [-0.15, -0.1) is 0 Å². The summed E-state index contributed by atoms with van der Waals surface area (Å²) in [6, 6.07) is 12.0. The van der Waals surface area contributed by atoms with E-state index in [0.29, 0.717) is 43.2 Å². The van der Waals surface area contributed by atoms with Gasteiger partial charge in [-0.2, -0.15) is 0 Å². The van der Waals surface area contributed by atoms with Crippen molar-refractivity contribution < 1.29 is 33.3 Å². The summed E-state index contributed by atoms with van der Waals surface area (Å²) in [7, 11) is 0. The van der Waals surface area contributed by atoms with Crippen molar-refractivity contribution in [2.75, 3.05) is 31.8 Å². The molecule has 1 amide bonds. The van der Waals surface area contributed by atoms with Gasteiger partial charge in [0.05, 0.1) is 19.1 Å². The Bertz CT molecular complexity index is 1530. The minimum atomic E-state index is -0.929. The maximum atomic E-state index is 14.2. The average Bonchev–Trinajstić information content (AvgIpc) is 3.70. The number of carbonyl (C=O) groups excluding carboxylic acids is 1. The number of hydrogen-bond donors (Lipinski definition) is 2. The first kappa shape index (κ1) is 28.0. The topological polar surface area (TPSA) is 97.3 Å². The van der Waals surface area contributed by atoms with Crippen LogP contribution in [0.4, 0.5) is 10.1 Å². The Hall–Kier alpha value is -4.11. The van der Waals surface area contributed by atoms with Crippen LogP contribution in [-0.2, 0) is 28.9 Å². The van der Waals surface area contributed by atoms with Gasteiger partial charge in [-0.05, 0) is 83.5 Å². The number of rotatable bonds is 8. The largest absolute Gasteiger partial charge is 0.493 e.